The topological polar surface area (TPSA) is 68.0 Å². The van der Waals surface area contributed by atoms with Crippen molar-refractivity contribution in [3.63, 3.8) is 0 Å². The zero-order chi connectivity index (χ0) is 14.0. The molecule has 0 saturated heterocycles. The molecule has 0 aliphatic carbocycles. The Bertz CT molecular complexity index is 407. The van der Waals surface area contributed by atoms with Crippen LogP contribution in [0.15, 0.2) is 24.4 Å². The molecular weight excluding hydrogens is 226 g/mol. The van der Waals surface area contributed by atoms with Crippen LogP contribution in [-0.2, 0) is 4.79 Å². The molecule has 1 amide bonds. The Kier molecular flexibility index (Phi) is 4.12. The van der Waals surface area contributed by atoms with Gasteiger partial charge in [0.1, 0.15) is 0 Å². The highest BCUT2D eigenvalue weighted by molar-refractivity contribution is 5.83. The number of nitrogens with zero attached hydrogens (tertiary/aromatic N) is 1. The predicted octanol–water partition coefficient (Wildman–Crippen LogP) is 2.02. The van der Waals surface area contributed by atoms with E-state index in [1.165, 1.54) is 0 Å². The number of nitrogens with two attached hydrogens (primary N) is 1. The van der Waals surface area contributed by atoms with Crippen molar-refractivity contribution >= 4 is 5.91 Å². The first-order valence-electron chi connectivity index (χ1n) is 6.17. The lowest BCUT2D eigenvalue weighted by molar-refractivity contribution is -0.133. The monoisotopic (exact) mass is 249 g/mol. The Morgan fingerprint density at radius 1 is 1.33 bits per heavy atom. The first-order chi connectivity index (χ1) is 8.16. The molecule has 1 aromatic heterocycles. The van der Waals surface area contributed by atoms with Crippen molar-refractivity contribution in [3.05, 3.63) is 30.1 Å². The van der Waals surface area contributed by atoms with Crippen LogP contribution in [0.1, 0.15) is 46.4 Å². The lowest BCUT2D eigenvalue weighted by Gasteiger charge is -2.37. The van der Waals surface area contributed by atoms with E-state index in [-0.39, 0.29) is 11.9 Å². The summed E-state index contributed by atoms with van der Waals surface area (Å²) >= 11 is 0. The minimum absolute atomic E-state index is 0.0619. The molecule has 0 aliphatic rings. The second kappa shape index (κ2) is 5.06. The lowest BCUT2D eigenvalue weighted by atomic mass is 9.74. The van der Waals surface area contributed by atoms with Crippen molar-refractivity contribution in [1.82, 2.24) is 10.3 Å². The molecule has 1 atom stereocenters. The van der Waals surface area contributed by atoms with Gasteiger partial charge in [0.25, 0.3) is 0 Å². The summed E-state index contributed by atoms with van der Waals surface area (Å²) in [4.78, 5) is 16.5. The van der Waals surface area contributed by atoms with Gasteiger partial charge in [-0.05, 0) is 46.8 Å². The third-order valence-electron chi connectivity index (χ3n) is 3.66. The SMILES string of the molecule is C[C@@H](NC(=O)C(C)(C)C(C)(C)N)c1ccccn1. The Hall–Kier alpha value is -1.42. The summed E-state index contributed by atoms with van der Waals surface area (Å²) in [5.41, 5.74) is 5.67. The number of pyridine rings is 1. The minimum Gasteiger partial charge on any atom is -0.347 e. The number of hydrogen-bond acceptors (Lipinski definition) is 3. The normalized spacial score (nSPS) is 14.1. The molecule has 100 valence electrons. The number of hydrogen-bond donors (Lipinski definition) is 2. The summed E-state index contributed by atoms with van der Waals surface area (Å²) in [6, 6.07) is 5.53. The zero-order valence-corrected chi connectivity index (χ0v) is 11.8. The molecule has 0 fully saturated rings. The van der Waals surface area contributed by atoms with Gasteiger partial charge in [0.15, 0.2) is 0 Å². The molecular formula is C14H23N3O. The van der Waals surface area contributed by atoms with Crippen LogP contribution in [0.2, 0.25) is 0 Å². The van der Waals surface area contributed by atoms with E-state index < -0.39 is 11.0 Å². The van der Waals surface area contributed by atoms with E-state index in [1.54, 1.807) is 6.20 Å². The first-order valence-corrected chi connectivity index (χ1v) is 6.17. The van der Waals surface area contributed by atoms with Gasteiger partial charge in [-0.2, -0.15) is 0 Å². The molecule has 1 aromatic rings. The maximum Gasteiger partial charge on any atom is 0.228 e. The average molecular weight is 249 g/mol. The fourth-order valence-electron chi connectivity index (χ4n) is 1.38. The van der Waals surface area contributed by atoms with Gasteiger partial charge in [0.2, 0.25) is 5.91 Å². The van der Waals surface area contributed by atoms with Gasteiger partial charge in [-0.1, -0.05) is 6.07 Å². The molecule has 4 nitrogen and oxygen atoms in total. The van der Waals surface area contributed by atoms with Crippen molar-refractivity contribution in [2.45, 2.75) is 46.2 Å². The fraction of sp³-hybridized carbons (Fsp3) is 0.571. The molecule has 0 spiro atoms. The number of nitrogens with one attached hydrogen (secondary N) is 1. The van der Waals surface area contributed by atoms with Crippen LogP contribution >= 0.6 is 0 Å². The molecule has 0 aliphatic heterocycles. The highest BCUT2D eigenvalue weighted by atomic mass is 16.2. The van der Waals surface area contributed by atoms with Crippen molar-refractivity contribution in [1.29, 1.82) is 0 Å². The molecule has 1 heterocycles. The summed E-state index contributed by atoms with van der Waals surface area (Å²) in [6.07, 6.45) is 1.72. The summed E-state index contributed by atoms with van der Waals surface area (Å²) in [7, 11) is 0. The van der Waals surface area contributed by atoms with Crippen molar-refractivity contribution in [2.75, 3.05) is 0 Å². The minimum atomic E-state index is -0.643. The molecule has 0 saturated carbocycles. The maximum absolute atomic E-state index is 12.3. The first kappa shape index (κ1) is 14.6. The van der Waals surface area contributed by atoms with Crippen LogP contribution in [0.5, 0.6) is 0 Å². The second-order valence-corrected chi connectivity index (χ2v) is 5.80. The fourth-order valence-corrected chi connectivity index (χ4v) is 1.38. The third kappa shape index (κ3) is 3.07. The van der Waals surface area contributed by atoms with Crippen molar-refractivity contribution in [2.24, 2.45) is 11.1 Å². The molecule has 3 N–H and O–H groups in total. The number of carbonyl (C=O) groups excluding carboxylic acids is 1. The van der Waals surface area contributed by atoms with E-state index in [0.717, 1.165) is 5.69 Å². The van der Waals surface area contributed by atoms with E-state index in [0.29, 0.717) is 0 Å². The van der Waals surface area contributed by atoms with Gasteiger partial charge in [-0.15, -0.1) is 0 Å². The Morgan fingerprint density at radius 3 is 2.39 bits per heavy atom. The maximum atomic E-state index is 12.3. The molecule has 18 heavy (non-hydrogen) atoms. The van der Waals surface area contributed by atoms with Gasteiger partial charge in [0.05, 0.1) is 17.2 Å². The average Bonchev–Trinajstić information content (AvgIpc) is 2.28. The number of carbonyl (C=O) groups is 1. The molecule has 0 bridgehead atoms. The molecule has 0 aromatic carbocycles. The summed E-state index contributed by atoms with van der Waals surface area (Å²) in [5, 5.41) is 2.96. The van der Waals surface area contributed by atoms with E-state index in [2.05, 4.69) is 10.3 Å². The number of aromatic nitrogens is 1. The van der Waals surface area contributed by atoms with Crippen molar-refractivity contribution < 1.29 is 4.79 Å². The van der Waals surface area contributed by atoms with E-state index >= 15 is 0 Å². The Balaban J connectivity index is 2.78. The summed E-state index contributed by atoms with van der Waals surface area (Å²) in [6.45, 7) is 9.34. The zero-order valence-electron chi connectivity index (χ0n) is 11.8. The van der Waals surface area contributed by atoms with Crippen LogP contribution in [0.3, 0.4) is 0 Å². The second-order valence-electron chi connectivity index (χ2n) is 5.80. The lowest BCUT2D eigenvalue weighted by Crippen LogP contribution is -2.55. The van der Waals surface area contributed by atoms with Gasteiger partial charge < -0.3 is 11.1 Å². The Labute approximate surface area is 109 Å². The van der Waals surface area contributed by atoms with Crippen molar-refractivity contribution in [3.8, 4) is 0 Å². The van der Waals surface area contributed by atoms with E-state index in [4.69, 9.17) is 5.73 Å². The highest BCUT2D eigenvalue weighted by Gasteiger charge is 2.40. The standard InChI is InChI=1S/C14H23N3O/c1-10(11-8-6-7-9-16-11)17-12(18)13(2,3)14(4,5)15/h6-10H,15H2,1-5H3,(H,17,18)/t10-/m1/s1. The van der Waals surface area contributed by atoms with Gasteiger partial charge in [-0.3, -0.25) is 9.78 Å². The Morgan fingerprint density at radius 2 is 1.94 bits per heavy atom. The number of amides is 1. The third-order valence-corrected chi connectivity index (χ3v) is 3.66. The van der Waals surface area contributed by atoms with E-state index in [9.17, 15) is 4.79 Å². The molecule has 0 radical (unpaired) electrons. The van der Waals surface area contributed by atoms with Gasteiger partial charge in [-0.25, -0.2) is 0 Å². The molecule has 0 unspecified atom stereocenters. The van der Waals surface area contributed by atoms with E-state index in [1.807, 2.05) is 52.8 Å². The van der Waals surface area contributed by atoms with Gasteiger partial charge >= 0.3 is 0 Å². The molecule has 4 heteroatoms. The van der Waals surface area contributed by atoms with Crippen LogP contribution in [0, 0.1) is 5.41 Å². The highest BCUT2D eigenvalue weighted by Crippen LogP contribution is 2.29. The smallest absolute Gasteiger partial charge is 0.228 e. The molecule has 1 rings (SSSR count). The summed E-state index contributed by atoms with van der Waals surface area (Å²) < 4.78 is 0. The van der Waals surface area contributed by atoms with Crippen LogP contribution in [-0.4, -0.2) is 16.4 Å². The van der Waals surface area contributed by atoms with Crippen LogP contribution in [0.25, 0.3) is 0 Å². The quantitative estimate of drug-likeness (QED) is 0.858. The largest absolute Gasteiger partial charge is 0.347 e. The van der Waals surface area contributed by atoms with Crippen LogP contribution in [0.4, 0.5) is 0 Å². The summed E-state index contributed by atoms with van der Waals surface area (Å²) in [5.74, 6) is -0.0619. The van der Waals surface area contributed by atoms with Crippen LogP contribution < -0.4 is 11.1 Å². The number of rotatable bonds is 4. The predicted molar refractivity (Wildman–Crippen MR) is 72.8 cm³/mol. The van der Waals surface area contributed by atoms with Gasteiger partial charge in [0, 0.05) is 11.7 Å².